The molecule has 0 saturated carbocycles. The van der Waals surface area contributed by atoms with E-state index in [4.69, 9.17) is 5.73 Å². The number of nitrogens with one attached hydrogen (secondary N) is 2. The van der Waals surface area contributed by atoms with Crippen molar-refractivity contribution in [2.24, 2.45) is 0 Å². The third kappa shape index (κ3) is 3.52. The third-order valence-electron chi connectivity index (χ3n) is 3.08. The maximum absolute atomic E-state index is 5.72. The molecule has 0 aliphatic heterocycles. The van der Waals surface area contributed by atoms with Crippen molar-refractivity contribution in [1.29, 1.82) is 0 Å². The van der Waals surface area contributed by atoms with Crippen LogP contribution in [0.1, 0.15) is 5.69 Å². The summed E-state index contributed by atoms with van der Waals surface area (Å²) in [5.74, 6) is 0.957. The van der Waals surface area contributed by atoms with Crippen LogP contribution < -0.4 is 16.4 Å². The molecule has 3 aromatic rings. The van der Waals surface area contributed by atoms with Crippen LogP contribution in [0.15, 0.2) is 60.7 Å². The quantitative estimate of drug-likeness (QED) is 0.680. The highest BCUT2D eigenvalue weighted by Crippen LogP contribution is 2.20. The largest absolute Gasteiger partial charge is 0.384 e. The predicted octanol–water partition coefficient (Wildman–Crippen LogP) is 3.85. The van der Waals surface area contributed by atoms with E-state index in [0.717, 1.165) is 22.8 Å². The molecule has 0 fully saturated rings. The number of aryl methyl sites for hydroxylation is 1. The number of anilines is 5. The lowest BCUT2D eigenvalue weighted by molar-refractivity contribution is 1.11. The summed E-state index contributed by atoms with van der Waals surface area (Å²) in [6.07, 6.45) is 0. The van der Waals surface area contributed by atoms with Crippen molar-refractivity contribution < 1.29 is 0 Å². The molecule has 0 aliphatic carbocycles. The first-order valence-electron chi connectivity index (χ1n) is 6.99. The molecule has 4 N–H and O–H groups in total. The van der Waals surface area contributed by atoms with Crippen molar-refractivity contribution in [3.05, 3.63) is 66.4 Å². The van der Waals surface area contributed by atoms with E-state index in [1.807, 2.05) is 61.5 Å². The van der Waals surface area contributed by atoms with Crippen molar-refractivity contribution in [1.82, 2.24) is 9.97 Å². The van der Waals surface area contributed by atoms with Gasteiger partial charge < -0.3 is 16.4 Å². The average molecular weight is 291 g/mol. The SMILES string of the molecule is Cc1cc(N)nc(Nc2ccc(Nc3ccccc3)cc2)n1. The molecule has 0 spiro atoms. The van der Waals surface area contributed by atoms with E-state index in [9.17, 15) is 0 Å². The van der Waals surface area contributed by atoms with Gasteiger partial charge in [-0.3, -0.25) is 0 Å². The zero-order chi connectivity index (χ0) is 15.4. The van der Waals surface area contributed by atoms with Crippen LogP contribution in [0.3, 0.4) is 0 Å². The van der Waals surface area contributed by atoms with Gasteiger partial charge in [-0.15, -0.1) is 0 Å². The lowest BCUT2D eigenvalue weighted by Gasteiger charge is -2.09. The number of hydrogen-bond donors (Lipinski definition) is 3. The van der Waals surface area contributed by atoms with Crippen LogP contribution in [-0.4, -0.2) is 9.97 Å². The first-order valence-corrected chi connectivity index (χ1v) is 6.99. The summed E-state index contributed by atoms with van der Waals surface area (Å²) in [7, 11) is 0. The maximum Gasteiger partial charge on any atom is 0.229 e. The van der Waals surface area contributed by atoms with Crippen LogP contribution in [0.5, 0.6) is 0 Å². The molecule has 0 bridgehead atoms. The Morgan fingerprint density at radius 2 is 1.36 bits per heavy atom. The number of nitrogens with two attached hydrogens (primary N) is 1. The molecule has 110 valence electrons. The van der Waals surface area contributed by atoms with E-state index in [-0.39, 0.29) is 0 Å². The molecular formula is C17H17N5. The molecule has 0 unspecified atom stereocenters. The highest BCUT2D eigenvalue weighted by Gasteiger charge is 2.01. The standard InChI is InChI=1S/C17H17N5/c1-12-11-16(18)22-17(19-12)21-15-9-7-14(8-10-15)20-13-5-3-2-4-6-13/h2-11,20H,1H3,(H3,18,19,21,22). The van der Waals surface area contributed by atoms with Gasteiger partial charge in [0.15, 0.2) is 0 Å². The van der Waals surface area contributed by atoms with Crippen LogP contribution in [-0.2, 0) is 0 Å². The fourth-order valence-corrected chi connectivity index (χ4v) is 2.10. The van der Waals surface area contributed by atoms with Gasteiger partial charge in [-0.25, -0.2) is 4.98 Å². The molecule has 5 nitrogen and oxygen atoms in total. The minimum atomic E-state index is 0.456. The van der Waals surface area contributed by atoms with Crippen LogP contribution >= 0.6 is 0 Å². The van der Waals surface area contributed by atoms with E-state index < -0.39 is 0 Å². The molecule has 5 heteroatoms. The van der Waals surface area contributed by atoms with E-state index >= 15 is 0 Å². The monoisotopic (exact) mass is 291 g/mol. The molecule has 0 saturated heterocycles. The Kier molecular flexibility index (Phi) is 3.87. The highest BCUT2D eigenvalue weighted by atomic mass is 15.1. The number of aromatic nitrogens is 2. The van der Waals surface area contributed by atoms with Crippen molar-refractivity contribution in [3.63, 3.8) is 0 Å². The van der Waals surface area contributed by atoms with Crippen LogP contribution in [0.2, 0.25) is 0 Å². The van der Waals surface area contributed by atoms with Gasteiger partial charge in [0.2, 0.25) is 5.95 Å². The van der Waals surface area contributed by atoms with Gasteiger partial charge in [-0.05, 0) is 43.3 Å². The number of benzene rings is 2. The van der Waals surface area contributed by atoms with Gasteiger partial charge in [0, 0.05) is 28.8 Å². The lowest BCUT2D eigenvalue weighted by Crippen LogP contribution is -2.01. The Morgan fingerprint density at radius 1 is 0.773 bits per heavy atom. The number of nitrogen functional groups attached to an aromatic ring is 1. The Bertz CT molecular complexity index is 734. The van der Waals surface area contributed by atoms with E-state index in [1.54, 1.807) is 6.07 Å². The van der Waals surface area contributed by atoms with E-state index in [2.05, 4.69) is 20.6 Å². The summed E-state index contributed by atoms with van der Waals surface area (Å²) in [5, 5.41) is 6.48. The van der Waals surface area contributed by atoms with Gasteiger partial charge in [0.1, 0.15) is 5.82 Å². The van der Waals surface area contributed by atoms with Crippen molar-refractivity contribution in [2.45, 2.75) is 6.92 Å². The molecule has 0 atom stereocenters. The summed E-state index contributed by atoms with van der Waals surface area (Å²) < 4.78 is 0. The second kappa shape index (κ2) is 6.13. The third-order valence-corrected chi connectivity index (χ3v) is 3.08. The molecule has 1 heterocycles. The maximum atomic E-state index is 5.72. The lowest BCUT2D eigenvalue weighted by atomic mass is 10.2. The summed E-state index contributed by atoms with van der Waals surface area (Å²) in [6.45, 7) is 1.89. The second-order valence-corrected chi connectivity index (χ2v) is 4.95. The summed E-state index contributed by atoms with van der Waals surface area (Å²) >= 11 is 0. The van der Waals surface area contributed by atoms with Gasteiger partial charge in [0.25, 0.3) is 0 Å². The first-order chi connectivity index (χ1) is 10.7. The van der Waals surface area contributed by atoms with E-state index in [1.165, 1.54) is 0 Å². The molecule has 22 heavy (non-hydrogen) atoms. The Hall–Kier alpha value is -3.08. The number of hydrogen-bond acceptors (Lipinski definition) is 5. The minimum Gasteiger partial charge on any atom is -0.384 e. The van der Waals surface area contributed by atoms with Crippen LogP contribution in [0.25, 0.3) is 0 Å². The summed E-state index contributed by atoms with van der Waals surface area (Å²) in [5.41, 5.74) is 9.53. The summed E-state index contributed by atoms with van der Waals surface area (Å²) in [4.78, 5) is 8.46. The highest BCUT2D eigenvalue weighted by molar-refractivity contribution is 5.64. The van der Waals surface area contributed by atoms with Gasteiger partial charge in [0.05, 0.1) is 0 Å². The molecule has 2 aromatic carbocycles. The van der Waals surface area contributed by atoms with E-state index in [0.29, 0.717) is 11.8 Å². The second-order valence-electron chi connectivity index (χ2n) is 4.95. The van der Waals surface area contributed by atoms with Crippen molar-refractivity contribution >= 4 is 28.8 Å². The minimum absolute atomic E-state index is 0.456. The zero-order valence-electron chi connectivity index (χ0n) is 12.2. The predicted molar refractivity (Wildman–Crippen MR) is 90.6 cm³/mol. The van der Waals surface area contributed by atoms with Crippen LogP contribution in [0.4, 0.5) is 28.8 Å². The molecule has 0 aliphatic rings. The molecule has 1 aromatic heterocycles. The smallest absolute Gasteiger partial charge is 0.229 e. The Morgan fingerprint density at radius 3 is 2.00 bits per heavy atom. The fourth-order valence-electron chi connectivity index (χ4n) is 2.10. The van der Waals surface area contributed by atoms with Crippen molar-refractivity contribution in [3.8, 4) is 0 Å². The van der Waals surface area contributed by atoms with Crippen molar-refractivity contribution in [2.75, 3.05) is 16.4 Å². The molecule has 0 radical (unpaired) electrons. The van der Waals surface area contributed by atoms with Gasteiger partial charge in [-0.2, -0.15) is 4.98 Å². The zero-order valence-corrected chi connectivity index (χ0v) is 12.2. The topological polar surface area (TPSA) is 75.9 Å². The molecule has 0 amide bonds. The Labute approximate surface area is 129 Å². The molecular weight excluding hydrogens is 274 g/mol. The molecule has 3 rings (SSSR count). The number of nitrogens with zero attached hydrogens (tertiary/aromatic N) is 2. The van der Waals surface area contributed by atoms with Gasteiger partial charge in [-0.1, -0.05) is 18.2 Å². The van der Waals surface area contributed by atoms with Crippen LogP contribution in [0, 0.1) is 6.92 Å². The summed E-state index contributed by atoms with van der Waals surface area (Å²) in [6, 6.07) is 19.7. The number of para-hydroxylation sites is 1. The first kappa shape index (κ1) is 13.9. The number of rotatable bonds is 4. The normalized spacial score (nSPS) is 10.2. The Balaban J connectivity index is 1.71. The van der Waals surface area contributed by atoms with Gasteiger partial charge >= 0.3 is 0 Å². The average Bonchev–Trinajstić information content (AvgIpc) is 2.49. The fraction of sp³-hybridized carbons (Fsp3) is 0.0588.